The Kier molecular flexibility index (Phi) is 6.48. The normalized spacial score (nSPS) is 10.6. The van der Waals surface area contributed by atoms with Gasteiger partial charge in [-0.3, -0.25) is 0 Å². The number of anilines is 5. The molecule has 0 saturated carbocycles. The van der Waals surface area contributed by atoms with Crippen LogP contribution in [0.3, 0.4) is 0 Å². The Bertz CT molecular complexity index is 873. The molecule has 0 bridgehead atoms. The van der Waals surface area contributed by atoms with Gasteiger partial charge in [-0.1, -0.05) is 18.2 Å². The summed E-state index contributed by atoms with van der Waals surface area (Å²) in [4.78, 5) is 13.9. The van der Waals surface area contributed by atoms with E-state index < -0.39 is 0 Å². The summed E-state index contributed by atoms with van der Waals surface area (Å²) in [5, 5.41) is 3.42. The molecule has 0 aliphatic rings. The zero-order chi connectivity index (χ0) is 19.9. The number of rotatable bonds is 8. The molecule has 0 aliphatic heterocycles. The van der Waals surface area contributed by atoms with E-state index in [1.807, 2.05) is 31.2 Å². The monoisotopic (exact) mass is 375 g/mol. The summed E-state index contributed by atoms with van der Waals surface area (Å²) in [6.45, 7) is 11.3. The Labute approximate surface area is 168 Å². The second kappa shape index (κ2) is 9.22. The molecule has 0 amide bonds. The molecule has 0 fully saturated rings. The average Bonchev–Trinajstić information content (AvgIpc) is 2.71. The van der Waals surface area contributed by atoms with Gasteiger partial charge >= 0.3 is 0 Å². The fourth-order valence-corrected chi connectivity index (χ4v) is 3.28. The number of hydrogen-bond acceptors (Lipinski definition) is 5. The first-order chi connectivity index (χ1) is 13.6. The van der Waals surface area contributed by atoms with Crippen molar-refractivity contribution in [2.24, 2.45) is 0 Å². The number of para-hydroxylation sites is 1. The van der Waals surface area contributed by atoms with Gasteiger partial charge in [-0.15, -0.1) is 0 Å². The molecule has 0 unspecified atom stereocenters. The molecule has 0 spiro atoms. The summed E-state index contributed by atoms with van der Waals surface area (Å²) in [6.07, 6.45) is 0. The predicted octanol–water partition coefficient (Wildman–Crippen LogP) is 5.53. The van der Waals surface area contributed by atoms with Gasteiger partial charge in [-0.25, -0.2) is 4.98 Å². The molecular weight excluding hydrogens is 346 g/mol. The molecule has 0 radical (unpaired) electrons. The van der Waals surface area contributed by atoms with Crippen LogP contribution in [0, 0.1) is 6.92 Å². The first-order valence-corrected chi connectivity index (χ1v) is 9.94. The Balaban J connectivity index is 1.83. The summed E-state index contributed by atoms with van der Waals surface area (Å²) < 4.78 is 0. The van der Waals surface area contributed by atoms with Crippen LogP contribution in [0.25, 0.3) is 0 Å². The summed E-state index contributed by atoms with van der Waals surface area (Å²) in [5.74, 6) is 1.50. The van der Waals surface area contributed by atoms with E-state index in [0.29, 0.717) is 5.95 Å². The maximum absolute atomic E-state index is 4.76. The van der Waals surface area contributed by atoms with Crippen LogP contribution < -0.4 is 15.1 Å². The number of nitrogens with one attached hydrogen (secondary N) is 1. The van der Waals surface area contributed by atoms with Gasteiger partial charge in [-0.2, -0.15) is 4.98 Å². The molecule has 1 aromatic heterocycles. The van der Waals surface area contributed by atoms with E-state index in [2.05, 4.69) is 77.3 Å². The van der Waals surface area contributed by atoms with Crippen molar-refractivity contribution in [3.63, 3.8) is 0 Å². The molecule has 5 heteroatoms. The predicted molar refractivity (Wildman–Crippen MR) is 119 cm³/mol. The lowest BCUT2D eigenvalue weighted by Gasteiger charge is -2.22. The van der Waals surface area contributed by atoms with Crippen LogP contribution in [0.5, 0.6) is 0 Å². The number of aryl methyl sites for hydroxylation is 1. The highest BCUT2D eigenvalue weighted by Gasteiger charge is 2.12. The molecular formula is C23H29N5. The summed E-state index contributed by atoms with van der Waals surface area (Å²) >= 11 is 0. The van der Waals surface area contributed by atoms with Crippen molar-refractivity contribution in [2.75, 3.05) is 34.8 Å². The summed E-state index contributed by atoms with van der Waals surface area (Å²) in [5.41, 5.74) is 4.27. The van der Waals surface area contributed by atoms with Gasteiger partial charge in [0.25, 0.3) is 0 Å². The fraction of sp³-hybridized carbons (Fsp3) is 0.304. The SMILES string of the molecule is CCN(CC)c1ccc(Nc2cc(C)nc(N(CC)c3ccccc3)n2)cc1. The van der Waals surface area contributed by atoms with Gasteiger partial charge in [0.1, 0.15) is 5.82 Å². The third-order valence-electron chi connectivity index (χ3n) is 4.74. The maximum atomic E-state index is 4.76. The van der Waals surface area contributed by atoms with Gasteiger partial charge in [0, 0.05) is 48.5 Å². The van der Waals surface area contributed by atoms with Gasteiger partial charge in [0.05, 0.1) is 0 Å². The molecule has 2 aromatic carbocycles. The standard InChI is InChI=1S/C23H29N5/c1-5-27(6-2)20-15-13-19(14-16-20)25-22-17-18(4)24-23(26-22)28(7-3)21-11-9-8-10-12-21/h8-17H,5-7H2,1-4H3,(H,24,25,26). The Morgan fingerprint density at radius 1 is 0.786 bits per heavy atom. The second-order valence-corrected chi connectivity index (χ2v) is 6.62. The van der Waals surface area contributed by atoms with E-state index in [1.54, 1.807) is 0 Å². The fourth-order valence-electron chi connectivity index (χ4n) is 3.28. The summed E-state index contributed by atoms with van der Waals surface area (Å²) in [7, 11) is 0. The van der Waals surface area contributed by atoms with Crippen LogP contribution in [0.2, 0.25) is 0 Å². The topological polar surface area (TPSA) is 44.3 Å². The van der Waals surface area contributed by atoms with Crippen LogP contribution in [-0.4, -0.2) is 29.6 Å². The van der Waals surface area contributed by atoms with Crippen molar-refractivity contribution in [1.82, 2.24) is 9.97 Å². The van der Waals surface area contributed by atoms with Crippen LogP contribution in [-0.2, 0) is 0 Å². The van der Waals surface area contributed by atoms with Gasteiger partial charge < -0.3 is 15.1 Å². The molecule has 5 nitrogen and oxygen atoms in total. The molecule has 0 atom stereocenters. The van der Waals surface area contributed by atoms with Crippen molar-refractivity contribution < 1.29 is 0 Å². The molecule has 0 saturated heterocycles. The van der Waals surface area contributed by atoms with E-state index in [4.69, 9.17) is 4.98 Å². The van der Waals surface area contributed by atoms with Crippen molar-refractivity contribution in [3.05, 3.63) is 66.4 Å². The number of nitrogens with zero attached hydrogens (tertiary/aromatic N) is 4. The lowest BCUT2D eigenvalue weighted by molar-refractivity contribution is 0.866. The van der Waals surface area contributed by atoms with E-state index in [-0.39, 0.29) is 0 Å². The van der Waals surface area contributed by atoms with Crippen LogP contribution in [0.1, 0.15) is 26.5 Å². The van der Waals surface area contributed by atoms with E-state index >= 15 is 0 Å². The Hall–Kier alpha value is -3.08. The van der Waals surface area contributed by atoms with Crippen LogP contribution in [0.15, 0.2) is 60.7 Å². The van der Waals surface area contributed by atoms with Gasteiger partial charge in [0.2, 0.25) is 5.95 Å². The minimum absolute atomic E-state index is 0.705. The van der Waals surface area contributed by atoms with Crippen molar-refractivity contribution >= 4 is 28.8 Å². The molecule has 0 aliphatic carbocycles. The van der Waals surface area contributed by atoms with Crippen LogP contribution in [0.4, 0.5) is 28.8 Å². The Morgan fingerprint density at radius 3 is 2.07 bits per heavy atom. The molecule has 146 valence electrons. The molecule has 1 heterocycles. The largest absolute Gasteiger partial charge is 0.372 e. The van der Waals surface area contributed by atoms with Crippen molar-refractivity contribution in [3.8, 4) is 0 Å². The quantitative estimate of drug-likeness (QED) is 0.560. The third kappa shape index (κ3) is 4.60. The highest BCUT2D eigenvalue weighted by Crippen LogP contribution is 2.25. The average molecular weight is 376 g/mol. The number of aromatic nitrogens is 2. The highest BCUT2D eigenvalue weighted by molar-refractivity contribution is 5.63. The van der Waals surface area contributed by atoms with E-state index in [1.165, 1.54) is 5.69 Å². The first kappa shape index (κ1) is 19.7. The highest BCUT2D eigenvalue weighted by atomic mass is 15.3. The maximum Gasteiger partial charge on any atom is 0.232 e. The number of benzene rings is 2. The van der Waals surface area contributed by atoms with E-state index in [0.717, 1.165) is 42.5 Å². The van der Waals surface area contributed by atoms with Gasteiger partial charge in [-0.05, 0) is 64.1 Å². The van der Waals surface area contributed by atoms with Gasteiger partial charge in [0.15, 0.2) is 0 Å². The first-order valence-electron chi connectivity index (χ1n) is 9.94. The third-order valence-corrected chi connectivity index (χ3v) is 4.74. The van der Waals surface area contributed by atoms with Crippen molar-refractivity contribution in [2.45, 2.75) is 27.7 Å². The lowest BCUT2D eigenvalue weighted by atomic mass is 10.2. The lowest BCUT2D eigenvalue weighted by Crippen LogP contribution is -2.21. The zero-order valence-corrected chi connectivity index (χ0v) is 17.2. The molecule has 3 aromatic rings. The minimum atomic E-state index is 0.705. The number of hydrogen-bond donors (Lipinski definition) is 1. The summed E-state index contributed by atoms with van der Waals surface area (Å²) in [6, 6.07) is 20.7. The minimum Gasteiger partial charge on any atom is -0.372 e. The second-order valence-electron chi connectivity index (χ2n) is 6.62. The molecule has 1 N–H and O–H groups in total. The molecule has 3 rings (SSSR count). The zero-order valence-electron chi connectivity index (χ0n) is 17.2. The molecule has 28 heavy (non-hydrogen) atoms. The smallest absolute Gasteiger partial charge is 0.232 e. The van der Waals surface area contributed by atoms with E-state index in [9.17, 15) is 0 Å². The van der Waals surface area contributed by atoms with Crippen molar-refractivity contribution in [1.29, 1.82) is 0 Å². The Morgan fingerprint density at radius 2 is 1.46 bits per heavy atom. The van der Waals surface area contributed by atoms with Crippen LogP contribution >= 0.6 is 0 Å².